The second-order valence-corrected chi connectivity index (χ2v) is 5.54. The van der Waals surface area contributed by atoms with Crippen LogP contribution in [0.25, 0.3) is 0 Å². The van der Waals surface area contributed by atoms with Crippen molar-refractivity contribution in [1.29, 1.82) is 0 Å². The van der Waals surface area contributed by atoms with Crippen molar-refractivity contribution in [3.8, 4) is 0 Å². The highest BCUT2D eigenvalue weighted by Gasteiger charge is 2.30. The number of hydrogen-bond donors (Lipinski definition) is 1. The van der Waals surface area contributed by atoms with E-state index in [4.69, 9.17) is 5.73 Å². The summed E-state index contributed by atoms with van der Waals surface area (Å²) in [5.74, 6) is 0.702. The molecule has 0 saturated carbocycles. The number of nitrogens with zero attached hydrogens (tertiary/aromatic N) is 3. The van der Waals surface area contributed by atoms with Crippen molar-refractivity contribution in [2.24, 2.45) is 5.73 Å². The van der Waals surface area contributed by atoms with Crippen molar-refractivity contribution in [2.45, 2.75) is 33.0 Å². The fourth-order valence-electron chi connectivity index (χ4n) is 3.04. The molecule has 0 unspecified atom stereocenters. The summed E-state index contributed by atoms with van der Waals surface area (Å²) in [6.45, 7) is 6.40. The molecule has 2 aromatic rings. The van der Waals surface area contributed by atoms with Crippen molar-refractivity contribution < 1.29 is 4.79 Å². The van der Waals surface area contributed by atoms with Gasteiger partial charge in [-0.15, -0.1) is 0 Å². The molecule has 2 heterocycles. The zero-order chi connectivity index (χ0) is 15.0. The maximum absolute atomic E-state index is 11.9. The summed E-state index contributed by atoms with van der Waals surface area (Å²) in [4.78, 5) is 18.7. The minimum Gasteiger partial charge on any atom is -0.368 e. The number of carbonyl (C=O) groups excluding carboxylic acids is 1. The van der Waals surface area contributed by atoms with Crippen molar-refractivity contribution >= 4 is 5.91 Å². The fourth-order valence-corrected chi connectivity index (χ4v) is 3.04. The first kappa shape index (κ1) is 13.8. The lowest BCUT2D eigenvalue weighted by molar-refractivity contribution is -0.124. The predicted octanol–water partition coefficient (Wildman–Crippen LogP) is 1.54. The Labute approximate surface area is 124 Å². The minimum atomic E-state index is -0.391. The number of aromatic nitrogens is 2. The molecule has 1 aromatic heterocycles. The smallest absolute Gasteiger partial charge is 0.239 e. The van der Waals surface area contributed by atoms with Gasteiger partial charge in [0.15, 0.2) is 0 Å². The maximum atomic E-state index is 11.9. The van der Waals surface area contributed by atoms with E-state index in [1.165, 1.54) is 5.69 Å². The second-order valence-electron chi connectivity index (χ2n) is 5.54. The van der Waals surface area contributed by atoms with E-state index in [0.29, 0.717) is 6.54 Å². The van der Waals surface area contributed by atoms with Crippen LogP contribution in [0, 0.1) is 13.8 Å². The van der Waals surface area contributed by atoms with E-state index in [1.807, 2.05) is 37.3 Å². The molecule has 5 heteroatoms. The molecule has 21 heavy (non-hydrogen) atoms. The quantitative estimate of drug-likeness (QED) is 0.930. The van der Waals surface area contributed by atoms with E-state index in [1.54, 1.807) is 0 Å². The van der Waals surface area contributed by atoms with Gasteiger partial charge in [-0.2, -0.15) is 0 Å². The Hall–Kier alpha value is -2.14. The van der Waals surface area contributed by atoms with Gasteiger partial charge >= 0.3 is 0 Å². The van der Waals surface area contributed by atoms with Crippen LogP contribution in [0.15, 0.2) is 30.3 Å². The topological polar surface area (TPSA) is 64.2 Å². The summed E-state index contributed by atoms with van der Waals surface area (Å²) < 4.78 is 2.23. The highest BCUT2D eigenvalue weighted by molar-refractivity contribution is 5.81. The number of nitrogens with two attached hydrogens (primary N) is 1. The number of amides is 1. The largest absolute Gasteiger partial charge is 0.368 e. The van der Waals surface area contributed by atoms with Crippen molar-refractivity contribution in [2.75, 3.05) is 6.54 Å². The van der Waals surface area contributed by atoms with E-state index in [2.05, 4.69) is 21.4 Å². The van der Waals surface area contributed by atoms with E-state index in [-0.39, 0.29) is 5.91 Å². The summed E-state index contributed by atoms with van der Waals surface area (Å²) in [7, 11) is 0. The molecule has 0 bridgehead atoms. The molecule has 1 atom stereocenters. The first-order valence-corrected chi connectivity index (χ1v) is 7.19. The number of carbonyl (C=O) groups is 1. The fraction of sp³-hybridized carbons (Fsp3) is 0.375. The molecule has 1 amide bonds. The number of fused-ring (bicyclic) bond motifs is 1. The molecule has 1 aromatic carbocycles. The van der Waals surface area contributed by atoms with Crippen LogP contribution >= 0.6 is 0 Å². The van der Waals surface area contributed by atoms with Gasteiger partial charge in [-0.3, -0.25) is 9.69 Å². The van der Waals surface area contributed by atoms with Gasteiger partial charge in [0.05, 0.1) is 12.2 Å². The normalized spacial score (nSPS) is 16.5. The van der Waals surface area contributed by atoms with Crippen LogP contribution in [0.5, 0.6) is 0 Å². The standard InChI is InChI=1S/C16H20N4O/c1-11-12(2)20-9-8-19(10-14(20)18-11)15(16(17)21)13-6-4-3-5-7-13/h3-7,15H,8-10H2,1-2H3,(H2,17,21)/t15-/m1/s1. The highest BCUT2D eigenvalue weighted by Crippen LogP contribution is 2.26. The maximum Gasteiger partial charge on any atom is 0.239 e. The van der Waals surface area contributed by atoms with E-state index < -0.39 is 6.04 Å². The van der Waals surface area contributed by atoms with E-state index >= 15 is 0 Å². The molecule has 5 nitrogen and oxygen atoms in total. The van der Waals surface area contributed by atoms with Gasteiger partial charge in [0.1, 0.15) is 11.9 Å². The Balaban J connectivity index is 1.91. The molecule has 0 radical (unpaired) electrons. The van der Waals surface area contributed by atoms with Crippen LogP contribution < -0.4 is 5.73 Å². The summed E-state index contributed by atoms with van der Waals surface area (Å²) in [5, 5.41) is 0. The lowest BCUT2D eigenvalue weighted by atomic mass is 10.0. The molecular formula is C16H20N4O. The van der Waals surface area contributed by atoms with E-state index in [0.717, 1.165) is 30.2 Å². The van der Waals surface area contributed by atoms with Crippen LogP contribution in [-0.4, -0.2) is 26.9 Å². The Morgan fingerprint density at radius 2 is 1.95 bits per heavy atom. The van der Waals surface area contributed by atoms with Crippen LogP contribution in [0.3, 0.4) is 0 Å². The summed E-state index contributed by atoms with van der Waals surface area (Å²) in [6.07, 6.45) is 0. The number of primary amides is 1. The van der Waals surface area contributed by atoms with Crippen LogP contribution in [0.2, 0.25) is 0 Å². The number of hydrogen-bond acceptors (Lipinski definition) is 3. The van der Waals surface area contributed by atoms with Gasteiger partial charge in [-0.25, -0.2) is 4.98 Å². The first-order valence-electron chi connectivity index (χ1n) is 7.19. The highest BCUT2D eigenvalue weighted by atomic mass is 16.1. The molecular weight excluding hydrogens is 264 g/mol. The Morgan fingerprint density at radius 1 is 1.24 bits per heavy atom. The number of rotatable bonds is 3. The molecule has 0 aliphatic carbocycles. The second kappa shape index (κ2) is 5.33. The Kier molecular flexibility index (Phi) is 3.51. The molecule has 110 valence electrons. The number of aryl methyl sites for hydroxylation is 1. The minimum absolute atomic E-state index is 0.311. The van der Waals surface area contributed by atoms with Crippen LogP contribution in [-0.2, 0) is 17.9 Å². The summed E-state index contributed by atoms with van der Waals surface area (Å²) >= 11 is 0. The summed E-state index contributed by atoms with van der Waals surface area (Å²) in [6, 6.07) is 9.32. The van der Waals surface area contributed by atoms with Gasteiger partial charge < -0.3 is 10.3 Å². The number of benzene rings is 1. The van der Waals surface area contributed by atoms with E-state index in [9.17, 15) is 4.79 Å². The predicted molar refractivity (Wildman–Crippen MR) is 80.5 cm³/mol. The Bertz CT molecular complexity index is 662. The van der Waals surface area contributed by atoms with Crippen LogP contribution in [0.1, 0.15) is 28.8 Å². The molecule has 0 saturated heterocycles. The molecule has 1 aliphatic rings. The van der Waals surface area contributed by atoms with Crippen molar-refractivity contribution in [3.63, 3.8) is 0 Å². The molecule has 1 aliphatic heterocycles. The van der Waals surface area contributed by atoms with Crippen LogP contribution in [0.4, 0.5) is 0 Å². The molecule has 2 N–H and O–H groups in total. The Morgan fingerprint density at radius 3 is 2.62 bits per heavy atom. The van der Waals surface area contributed by atoms with Crippen molar-refractivity contribution in [1.82, 2.24) is 14.5 Å². The summed E-state index contributed by atoms with van der Waals surface area (Å²) in [5.41, 5.74) is 8.86. The van der Waals surface area contributed by atoms with Gasteiger partial charge in [0.2, 0.25) is 5.91 Å². The third kappa shape index (κ3) is 2.45. The monoisotopic (exact) mass is 284 g/mol. The van der Waals surface area contributed by atoms with Crippen molar-refractivity contribution in [3.05, 3.63) is 53.1 Å². The van der Waals surface area contributed by atoms with Gasteiger partial charge in [0.25, 0.3) is 0 Å². The molecule has 3 rings (SSSR count). The average Bonchev–Trinajstić information content (AvgIpc) is 2.75. The third-order valence-corrected chi connectivity index (χ3v) is 4.24. The zero-order valence-electron chi connectivity index (χ0n) is 12.4. The SMILES string of the molecule is Cc1nc2n(c1C)CCN([C@@H](C(N)=O)c1ccccc1)C2. The molecule has 0 spiro atoms. The average molecular weight is 284 g/mol. The first-order chi connectivity index (χ1) is 10.1. The van der Waals surface area contributed by atoms with Gasteiger partial charge in [-0.1, -0.05) is 30.3 Å². The zero-order valence-corrected chi connectivity index (χ0v) is 12.4. The van der Waals surface area contributed by atoms with Gasteiger partial charge in [-0.05, 0) is 19.4 Å². The third-order valence-electron chi connectivity index (χ3n) is 4.24. The molecule has 0 fully saturated rings. The lowest BCUT2D eigenvalue weighted by Crippen LogP contribution is -2.42. The lowest BCUT2D eigenvalue weighted by Gasteiger charge is -2.33. The van der Waals surface area contributed by atoms with Gasteiger partial charge in [0, 0.05) is 18.8 Å². The number of imidazole rings is 1.